The Kier molecular flexibility index (Phi) is 6.11. The normalized spacial score (nSPS) is 23.2. The van der Waals surface area contributed by atoms with E-state index in [1.807, 2.05) is 0 Å². The van der Waals surface area contributed by atoms with E-state index in [1.54, 1.807) is 31.1 Å². The van der Waals surface area contributed by atoms with Gasteiger partial charge in [0.1, 0.15) is 11.9 Å². The third-order valence-electron chi connectivity index (χ3n) is 6.85. The fourth-order valence-corrected chi connectivity index (χ4v) is 4.87. The number of carbonyl (C=O) groups is 1. The van der Waals surface area contributed by atoms with Crippen molar-refractivity contribution in [1.29, 1.82) is 0 Å². The molecule has 3 fully saturated rings. The second kappa shape index (κ2) is 8.96. The predicted molar refractivity (Wildman–Crippen MR) is 121 cm³/mol. The summed E-state index contributed by atoms with van der Waals surface area (Å²) in [5.74, 6) is 0.825. The van der Waals surface area contributed by atoms with E-state index >= 15 is 0 Å². The van der Waals surface area contributed by atoms with E-state index in [1.165, 1.54) is 25.0 Å². The standard InChI is InChI=1S/C25H29F3N4O3/c1-24(2,35-19-5-3-4-17(10-19)25(26,27)28)23(33)32-9-8-31-15-20(11-18(31)14-32)34-22-13-29-21(12-30-22)16-6-7-16/h3-5,10,12-13,16,18,20H,6-9,11,14-15H2,1-2H3/t18-,20+/m0/s1. The zero-order valence-corrected chi connectivity index (χ0v) is 19.8. The van der Waals surface area contributed by atoms with Crippen LogP contribution >= 0.6 is 0 Å². The molecule has 3 aliphatic rings. The zero-order chi connectivity index (χ0) is 24.8. The molecule has 7 nitrogen and oxygen atoms in total. The number of piperazine rings is 1. The van der Waals surface area contributed by atoms with Gasteiger partial charge >= 0.3 is 6.18 Å². The average molecular weight is 491 g/mol. The van der Waals surface area contributed by atoms with Gasteiger partial charge in [0.2, 0.25) is 5.88 Å². The van der Waals surface area contributed by atoms with Gasteiger partial charge in [-0.1, -0.05) is 6.07 Å². The first-order chi connectivity index (χ1) is 16.6. The van der Waals surface area contributed by atoms with E-state index in [0.717, 1.165) is 30.8 Å². The maximum atomic E-state index is 13.3. The SMILES string of the molecule is CC(C)(Oc1cccc(C(F)(F)F)c1)C(=O)N1CCN2C[C@H](Oc3cnc(C4CC4)cn3)C[C@H]2C1. The Hall–Kier alpha value is -2.88. The lowest BCUT2D eigenvalue weighted by Crippen LogP contribution is -2.57. The van der Waals surface area contributed by atoms with Crippen molar-refractivity contribution in [2.45, 2.75) is 63.0 Å². The van der Waals surface area contributed by atoms with Gasteiger partial charge in [0.25, 0.3) is 5.91 Å². The van der Waals surface area contributed by atoms with E-state index < -0.39 is 17.3 Å². The molecule has 1 saturated carbocycles. The molecule has 0 spiro atoms. The van der Waals surface area contributed by atoms with Crippen molar-refractivity contribution in [2.24, 2.45) is 0 Å². The van der Waals surface area contributed by atoms with E-state index in [-0.39, 0.29) is 23.8 Å². The summed E-state index contributed by atoms with van der Waals surface area (Å²) in [6, 6.07) is 4.75. The van der Waals surface area contributed by atoms with E-state index in [4.69, 9.17) is 9.47 Å². The Labute approximate surface area is 202 Å². The maximum Gasteiger partial charge on any atom is 0.416 e. The lowest BCUT2D eigenvalue weighted by atomic mass is 10.0. The number of hydrogen-bond donors (Lipinski definition) is 0. The van der Waals surface area contributed by atoms with E-state index in [9.17, 15) is 18.0 Å². The fourth-order valence-electron chi connectivity index (χ4n) is 4.87. The Balaban J connectivity index is 1.18. The van der Waals surface area contributed by atoms with Crippen LogP contribution in [-0.4, -0.2) is 69.6 Å². The molecular weight excluding hydrogens is 461 g/mol. The molecule has 1 aromatic carbocycles. The number of benzene rings is 1. The summed E-state index contributed by atoms with van der Waals surface area (Å²) in [4.78, 5) is 26.2. The minimum Gasteiger partial charge on any atom is -0.478 e. The number of ether oxygens (including phenoxy) is 2. The van der Waals surface area contributed by atoms with Crippen LogP contribution < -0.4 is 9.47 Å². The minimum atomic E-state index is -4.48. The molecule has 2 aliphatic heterocycles. The van der Waals surface area contributed by atoms with Crippen LogP contribution in [0.25, 0.3) is 0 Å². The van der Waals surface area contributed by atoms with Gasteiger partial charge in [-0.25, -0.2) is 4.98 Å². The Morgan fingerprint density at radius 2 is 1.89 bits per heavy atom. The number of aromatic nitrogens is 2. The van der Waals surface area contributed by atoms with Crippen LogP contribution in [0.5, 0.6) is 11.6 Å². The van der Waals surface area contributed by atoms with Crippen molar-refractivity contribution < 1.29 is 27.4 Å². The molecule has 5 rings (SSSR count). The van der Waals surface area contributed by atoms with Gasteiger partial charge in [0.05, 0.1) is 23.7 Å². The molecule has 2 saturated heterocycles. The van der Waals surface area contributed by atoms with Crippen molar-refractivity contribution in [3.05, 3.63) is 47.9 Å². The highest BCUT2D eigenvalue weighted by atomic mass is 19.4. The van der Waals surface area contributed by atoms with Crippen molar-refractivity contribution >= 4 is 5.91 Å². The van der Waals surface area contributed by atoms with Crippen LogP contribution in [0.1, 0.15) is 50.3 Å². The van der Waals surface area contributed by atoms with Gasteiger partial charge < -0.3 is 14.4 Å². The number of amides is 1. The Bertz CT molecular complexity index is 1070. The van der Waals surface area contributed by atoms with Crippen molar-refractivity contribution in [3.63, 3.8) is 0 Å². The van der Waals surface area contributed by atoms with Crippen LogP contribution in [0, 0.1) is 0 Å². The summed E-state index contributed by atoms with van der Waals surface area (Å²) in [5.41, 5.74) is -1.10. The smallest absolute Gasteiger partial charge is 0.416 e. The highest BCUT2D eigenvalue weighted by molar-refractivity contribution is 5.85. The third kappa shape index (κ3) is 5.37. The largest absolute Gasteiger partial charge is 0.478 e. The quantitative estimate of drug-likeness (QED) is 0.612. The van der Waals surface area contributed by atoms with Gasteiger partial charge in [-0.2, -0.15) is 13.2 Å². The first-order valence-electron chi connectivity index (χ1n) is 12.0. The number of hydrogen-bond acceptors (Lipinski definition) is 6. The molecule has 1 aromatic heterocycles. The van der Waals surface area contributed by atoms with E-state index in [2.05, 4.69) is 14.9 Å². The summed E-state index contributed by atoms with van der Waals surface area (Å²) in [7, 11) is 0. The molecule has 35 heavy (non-hydrogen) atoms. The van der Waals surface area contributed by atoms with Crippen molar-refractivity contribution in [3.8, 4) is 11.6 Å². The molecule has 0 bridgehead atoms. The topological polar surface area (TPSA) is 67.8 Å². The number of carbonyl (C=O) groups excluding carboxylic acids is 1. The number of rotatable bonds is 6. The van der Waals surface area contributed by atoms with Crippen molar-refractivity contribution in [1.82, 2.24) is 19.8 Å². The molecule has 1 amide bonds. The van der Waals surface area contributed by atoms with Crippen LogP contribution in [-0.2, 0) is 11.0 Å². The van der Waals surface area contributed by atoms with Gasteiger partial charge in [0, 0.05) is 44.6 Å². The Morgan fingerprint density at radius 3 is 2.57 bits per heavy atom. The van der Waals surface area contributed by atoms with Gasteiger partial charge in [-0.05, 0) is 44.9 Å². The fraction of sp³-hybridized carbons (Fsp3) is 0.560. The zero-order valence-electron chi connectivity index (χ0n) is 19.8. The molecule has 0 N–H and O–H groups in total. The molecule has 1 aliphatic carbocycles. The third-order valence-corrected chi connectivity index (χ3v) is 6.85. The number of nitrogens with zero attached hydrogens (tertiary/aromatic N) is 4. The second-order valence-corrected chi connectivity index (χ2v) is 10.1. The summed E-state index contributed by atoms with van der Waals surface area (Å²) in [5, 5.41) is 0. The lowest BCUT2D eigenvalue weighted by Gasteiger charge is -2.40. The van der Waals surface area contributed by atoms with E-state index in [0.29, 0.717) is 31.4 Å². The summed E-state index contributed by atoms with van der Waals surface area (Å²) in [6.07, 6.45) is 2.07. The first-order valence-corrected chi connectivity index (χ1v) is 12.0. The van der Waals surface area contributed by atoms with Gasteiger partial charge in [0.15, 0.2) is 5.60 Å². The minimum absolute atomic E-state index is 0.0138. The number of fused-ring (bicyclic) bond motifs is 1. The van der Waals surface area contributed by atoms with Crippen molar-refractivity contribution in [2.75, 3.05) is 26.2 Å². The van der Waals surface area contributed by atoms with Crippen LogP contribution in [0.2, 0.25) is 0 Å². The summed E-state index contributed by atoms with van der Waals surface area (Å²) in [6.45, 7) is 5.66. The number of halogens is 3. The highest BCUT2D eigenvalue weighted by Crippen LogP contribution is 2.39. The number of alkyl halides is 3. The second-order valence-electron chi connectivity index (χ2n) is 10.1. The van der Waals surface area contributed by atoms with Gasteiger partial charge in [-0.15, -0.1) is 0 Å². The lowest BCUT2D eigenvalue weighted by molar-refractivity contribution is -0.148. The maximum absolute atomic E-state index is 13.3. The predicted octanol–water partition coefficient (Wildman–Crippen LogP) is 3.89. The molecule has 0 radical (unpaired) electrons. The highest BCUT2D eigenvalue weighted by Gasteiger charge is 2.42. The summed E-state index contributed by atoms with van der Waals surface area (Å²) >= 11 is 0. The Morgan fingerprint density at radius 1 is 1.09 bits per heavy atom. The molecule has 2 atom stereocenters. The first kappa shape index (κ1) is 23.8. The van der Waals surface area contributed by atoms with Crippen LogP contribution in [0.4, 0.5) is 13.2 Å². The van der Waals surface area contributed by atoms with Crippen LogP contribution in [0.3, 0.4) is 0 Å². The molecule has 3 heterocycles. The molecular formula is C25H29F3N4O3. The molecule has 0 unspecified atom stereocenters. The summed E-state index contributed by atoms with van der Waals surface area (Å²) < 4.78 is 50.9. The van der Waals surface area contributed by atoms with Gasteiger partial charge in [-0.3, -0.25) is 14.7 Å². The molecule has 188 valence electrons. The molecule has 2 aromatic rings. The molecule has 10 heteroatoms. The van der Waals surface area contributed by atoms with Crippen LogP contribution in [0.15, 0.2) is 36.7 Å². The monoisotopic (exact) mass is 490 g/mol. The average Bonchev–Trinajstić information content (AvgIpc) is 3.58.